The Hall–Kier alpha value is -1.14. The number of urea groups is 1. The van der Waals surface area contributed by atoms with E-state index in [1.165, 1.54) is 0 Å². The third kappa shape index (κ3) is 1.71. The topological polar surface area (TPSA) is 79.5 Å². The van der Waals surface area contributed by atoms with Gasteiger partial charge in [0.15, 0.2) is 0 Å². The molecule has 0 saturated carbocycles. The molecule has 6 nitrogen and oxygen atoms in total. The van der Waals surface area contributed by atoms with E-state index in [1.54, 1.807) is 0 Å². The minimum Gasteiger partial charge on any atom is -0.375 e. The van der Waals surface area contributed by atoms with Crippen LogP contribution in [0.15, 0.2) is 0 Å². The predicted molar refractivity (Wildman–Crippen MR) is 59.4 cm³/mol. The molecule has 3 heterocycles. The minimum atomic E-state index is -0.729. The number of ether oxygens (including phenoxy) is 1. The fourth-order valence-electron chi connectivity index (χ4n) is 3.16. The second-order valence-corrected chi connectivity index (χ2v) is 5.20. The molecule has 3 aliphatic rings. The lowest BCUT2D eigenvalue weighted by Crippen LogP contribution is -2.60. The smallest absolute Gasteiger partial charge is 0.322 e. The zero-order valence-electron chi connectivity index (χ0n) is 9.67. The molecule has 3 N–H and O–H groups in total. The molecule has 3 rings (SSSR count). The van der Waals surface area contributed by atoms with Gasteiger partial charge < -0.3 is 15.4 Å². The summed E-state index contributed by atoms with van der Waals surface area (Å²) in [5.74, 6) is -0.191. The molecule has 0 radical (unpaired) electrons. The summed E-state index contributed by atoms with van der Waals surface area (Å²) in [4.78, 5) is 23.2. The van der Waals surface area contributed by atoms with Crippen molar-refractivity contribution in [2.45, 2.75) is 36.8 Å². The lowest BCUT2D eigenvalue weighted by atomic mass is 9.75. The number of piperidine rings is 1. The first kappa shape index (κ1) is 11.0. The summed E-state index contributed by atoms with van der Waals surface area (Å²) in [5.41, 5.74) is -0.967. The summed E-state index contributed by atoms with van der Waals surface area (Å²) >= 11 is 0. The SMILES string of the molecule is O=C1NC(=O)C2(CCOC3(CCNCC3)C2)N1. The van der Waals surface area contributed by atoms with Crippen LogP contribution in [0.2, 0.25) is 0 Å². The summed E-state index contributed by atoms with van der Waals surface area (Å²) in [6.07, 6.45) is 2.97. The summed E-state index contributed by atoms with van der Waals surface area (Å²) in [7, 11) is 0. The number of carbonyl (C=O) groups is 2. The van der Waals surface area contributed by atoms with Crippen molar-refractivity contribution < 1.29 is 14.3 Å². The Morgan fingerprint density at radius 3 is 2.53 bits per heavy atom. The first-order valence-electron chi connectivity index (χ1n) is 6.13. The van der Waals surface area contributed by atoms with Crippen molar-refractivity contribution in [3.63, 3.8) is 0 Å². The molecule has 1 unspecified atom stereocenters. The van der Waals surface area contributed by atoms with E-state index < -0.39 is 5.54 Å². The lowest BCUT2D eigenvalue weighted by molar-refractivity contribution is -0.145. The Kier molecular flexibility index (Phi) is 2.38. The molecule has 94 valence electrons. The van der Waals surface area contributed by atoms with Crippen molar-refractivity contribution in [1.29, 1.82) is 0 Å². The van der Waals surface area contributed by atoms with Gasteiger partial charge in [-0.3, -0.25) is 10.1 Å². The summed E-state index contributed by atoms with van der Waals surface area (Å²) in [6.45, 7) is 2.35. The Balaban J connectivity index is 1.83. The van der Waals surface area contributed by atoms with Crippen molar-refractivity contribution >= 4 is 11.9 Å². The number of nitrogens with one attached hydrogen (secondary N) is 3. The normalized spacial score (nSPS) is 36.0. The van der Waals surface area contributed by atoms with Crippen molar-refractivity contribution in [3.8, 4) is 0 Å². The van der Waals surface area contributed by atoms with Gasteiger partial charge in [0.2, 0.25) is 0 Å². The molecule has 3 fully saturated rings. The van der Waals surface area contributed by atoms with Gasteiger partial charge in [0.05, 0.1) is 12.2 Å². The van der Waals surface area contributed by atoms with Crippen LogP contribution in [-0.2, 0) is 9.53 Å². The third-order valence-electron chi connectivity index (χ3n) is 4.09. The fourth-order valence-corrected chi connectivity index (χ4v) is 3.16. The molecule has 0 bridgehead atoms. The first-order valence-corrected chi connectivity index (χ1v) is 6.13. The number of hydrogen-bond acceptors (Lipinski definition) is 4. The Bertz CT molecular complexity index is 359. The van der Waals surface area contributed by atoms with E-state index >= 15 is 0 Å². The number of hydrogen-bond donors (Lipinski definition) is 3. The molecule has 6 heteroatoms. The molecule has 0 aromatic heterocycles. The largest absolute Gasteiger partial charge is 0.375 e. The van der Waals surface area contributed by atoms with Gasteiger partial charge in [-0.15, -0.1) is 0 Å². The highest BCUT2D eigenvalue weighted by Crippen LogP contribution is 2.39. The molecular formula is C11H17N3O3. The highest BCUT2D eigenvalue weighted by Gasteiger charge is 2.54. The second kappa shape index (κ2) is 3.68. The average Bonchev–Trinajstić information content (AvgIpc) is 2.54. The van der Waals surface area contributed by atoms with Crippen LogP contribution in [0.1, 0.15) is 25.7 Å². The van der Waals surface area contributed by atoms with Crippen LogP contribution < -0.4 is 16.0 Å². The van der Waals surface area contributed by atoms with Gasteiger partial charge in [-0.2, -0.15) is 0 Å². The highest BCUT2D eigenvalue weighted by molar-refractivity contribution is 6.07. The van der Waals surface area contributed by atoms with Crippen LogP contribution in [0.4, 0.5) is 4.79 Å². The van der Waals surface area contributed by atoms with Gasteiger partial charge in [0, 0.05) is 12.8 Å². The fraction of sp³-hybridized carbons (Fsp3) is 0.818. The standard InChI is InChI=1S/C11H17N3O3/c15-8-11(14-9(16)13-8)3-6-17-10(7-11)1-4-12-5-2-10/h12H,1-7H2,(H2,13,14,15,16). The van der Waals surface area contributed by atoms with Crippen molar-refractivity contribution in [2.24, 2.45) is 0 Å². The van der Waals surface area contributed by atoms with Crippen LogP contribution in [0.5, 0.6) is 0 Å². The molecule has 17 heavy (non-hydrogen) atoms. The van der Waals surface area contributed by atoms with Crippen molar-refractivity contribution in [1.82, 2.24) is 16.0 Å². The third-order valence-corrected chi connectivity index (χ3v) is 4.09. The number of rotatable bonds is 0. The summed E-state index contributed by atoms with van der Waals surface area (Å²) < 4.78 is 5.91. The molecule has 0 aromatic carbocycles. The van der Waals surface area contributed by atoms with Crippen LogP contribution in [-0.4, -0.2) is 42.8 Å². The van der Waals surface area contributed by atoms with Gasteiger partial charge in [0.1, 0.15) is 5.54 Å². The van der Waals surface area contributed by atoms with E-state index in [0.717, 1.165) is 25.9 Å². The summed E-state index contributed by atoms with van der Waals surface area (Å²) in [5, 5.41) is 8.42. The van der Waals surface area contributed by atoms with Gasteiger partial charge in [0.25, 0.3) is 5.91 Å². The van der Waals surface area contributed by atoms with E-state index in [9.17, 15) is 9.59 Å². The average molecular weight is 239 g/mol. The molecule has 0 aromatic rings. The predicted octanol–water partition coefficient (Wildman–Crippen LogP) is -0.503. The maximum atomic E-state index is 11.9. The molecule has 1 atom stereocenters. The Morgan fingerprint density at radius 2 is 1.88 bits per heavy atom. The zero-order chi connectivity index (χ0) is 11.9. The molecule has 0 aliphatic carbocycles. The molecule has 3 aliphatic heterocycles. The molecule has 3 saturated heterocycles. The highest BCUT2D eigenvalue weighted by atomic mass is 16.5. The Morgan fingerprint density at radius 1 is 1.12 bits per heavy atom. The van der Waals surface area contributed by atoms with Crippen LogP contribution in [0.3, 0.4) is 0 Å². The molecular weight excluding hydrogens is 222 g/mol. The van der Waals surface area contributed by atoms with Crippen LogP contribution >= 0.6 is 0 Å². The Labute approximate surface area is 99.5 Å². The van der Waals surface area contributed by atoms with E-state index in [2.05, 4.69) is 16.0 Å². The quantitative estimate of drug-likeness (QED) is 0.498. The van der Waals surface area contributed by atoms with Crippen molar-refractivity contribution in [2.75, 3.05) is 19.7 Å². The van der Waals surface area contributed by atoms with Crippen LogP contribution in [0.25, 0.3) is 0 Å². The lowest BCUT2D eigenvalue weighted by Gasteiger charge is -2.46. The zero-order valence-corrected chi connectivity index (χ0v) is 9.67. The number of amides is 3. The van der Waals surface area contributed by atoms with Gasteiger partial charge in [-0.25, -0.2) is 4.79 Å². The number of carbonyl (C=O) groups excluding carboxylic acids is 2. The maximum absolute atomic E-state index is 11.9. The van der Waals surface area contributed by atoms with Gasteiger partial charge in [-0.05, 0) is 25.9 Å². The second-order valence-electron chi connectivity index (χ2n) is 5.20. The van der Waals surface area contributed by atoms with Gasteiger partial charge in [-0.1, -0.05) is 0 Å². The van der Waals surface area contributed by atoms with E-state index in [1.807, 2.05) is 0 Å². The van der Waals surface area contributed by atoms with Crippen molar-refractivity contribution in [3.05, 3.63) is 0 Å². The van der Waals surface area contributed by atoms with E-state index in [4.69, 9.17) is 4.74 Å². The first-order chi connectivity index (χ1) is 8.14. The molecule has 2 spiro atoms. The van der Waals surface area contributed by atoms with Crippen LogP contribution in [0, 0.1) is 0 Å². The van der Waals surface area contributed by atoms with Gasteiger partial charge >= 0.3 is 6.03 Å². The minimum absolute atomic E-state index is 0.191. The maximum Gasteiger partial charge on any atom is 0.322 e. The summed E-state index contributed by atoms with van der Waals surface area (Å²) in [6, 6.07) is -0.374. The molecule has 3 amide bonds. The monoisotopic (exact) mass is 239 g/mol. The van der Waals surface area contributed by atoms with E-state index in [0.29, 0.717) is 19.4 Å². The van der Waals surface area contributed by atoms with E-state index in [-0.39, 0.29) is 17.5 Å². The number of imide groups is 1.